The first-order chi connectivity index (χ1) is 16.1. The molecule has 0 spiro atoms. The highest BCUT2D eigenvalue weighted by molar-refractivity contribution is 6.09. The van der Waals surface area contributed by atoms with Crippen LogP contribution >= 0.6 is 0 Å². The number of aromatic carboxylic acids is 2. The van der Waals surface area contributed by atoms with Crippen molar-refractivity contribution >= 4 is 29.6 Å². The normalized spacial score (nSPS) is 11.1. The summed E-state index contributed by atoms with van der Waals surface area (Å²) in [7, 11) is 0. The van der Waals surface area contributed by atoms with E-state index in [1.165, 1.54) is 18.2 Å². The zero-order valence-corrected chi connectivity index (χ0v) is 18.9. The zero-order valence-electron chi connectivity index (χ0n) is 18.9. The molecule has 0 bridgehead atoms. The Morgan fingerprint density at radius 3 is 2.09 bits per heavy atom. The van der Waals surface area contributed by atoms with Gasteiger partial charge in [0.15, 0.2) is 0 Å². The predicted molar refractivity (Wildman–Crippen MR) is 127 cm³/mol. The van der Waals surface area contributed by atoms with Gasteiger partial charge in [-0.1, -0.05) is 19.1 Å². The van der Waals surface area contributed by atoms with Crippen LogP contribution in [0.2, 0.25) is 0 Å². The molecule has 1 aromatic heterocycles. The van der Waals surface area contributed by atoms with Crippen LogP contribution in [0.4, 0.5) is 5.69 Å². The van der Waals surface area contributed by atoms with Crippen LogP contribution in [0.25, 0.3) is 11.8 Å². The monoisotopic (exact) mass is 457 g/mol. The molecule has 0 atom stereocenters. The molecule has 0 saturated heterocycles. The molecule has 2 aromatic carbocycles. The number of carbonyl (C=O) groups excluding carboxylic acids is 1. The van der Waals surface area contributed by atoms with Crippen LogP contribution in [0.5, 0.6) is 0 Å². The molecule has 34 heavy (non-hydrogen) atoms. The van der Waals surface area contributed by atoms with Crippen molar-refractivity contribution in [3.8, 4) is 11.8 Å². The highest BCUT2D eigenvalue weighted by atomic mass is 16.4. The average molecular weight is 457 g/mol. The lowest BCUT2D eigenvalue weighted by Crippen LogP contribution is -2.13. The lowest BCUT2D eigenvalue weighted by atomic mass is 10.1. The molecule has 0 saturated carbocycles. The van der Waals surface area contributed by atoms with Crippen molar-refractivity contribution in [2.24, 2.45) is 0 Å². The van der Waals surface area contributed by atoms with Crippen molar-refractivity contribution in [1.82, 2.24) is 4.57 Å². The van der Waals surface area contributed by atoms with E-state index in [1.807, 2.05) is 25.1 Å². The second-order valence-electron chi connectivity index (χ2n) is 7.72. The Balaban J connectivity index is 1.99. The molecule has 1 heterocycles. The summed E-state index contributed by atoms with van der Waals surface area (Å²) in [6.07, 6.45) is 2.32. The van der Waals surface area contributed by atoms with E-state index in [-0.39, 0.29) is 16.7 Å². The Kier molecular flexibility index (Phi) is 6.98. The number of carboxylic acids is 2. The van der Waals surface area contributed by atoms with E-state index in [4.69, 9.17) is 0 Å². The van der Waals surface area contributed by atoms with Crippen molar-refractivity contribution in [3.63, 3.8) is 0 Å². The molecular formula is C26H23N3O5. The molecule has 3 N–H and O–H groups in total. The SMILES string of the molecule is CCc1ccc(NC(=O)/C(C#N)=C/c2cc(C)n(-c3cc(C(=O)O)cc(C(=O)O)c3)c2C)cc1. The van der Waals surface area contributed by atoms with Crippen LogP contribution in [0.15, 0.2) is 54.1 Å². The minimum Gasteiger partial charge on any atom is -0.478 e. The third kappa shape index (κ3) is 5.05. The molecule has 0 aliphatic rings. The van der Waals surface area contributed by atoms with E-state index in [2.05, 4.69) is 5.32 Å². The van der Waals surface area contributed by atoms with Crippen LogP contribution in [0.1, 0.15) is 50.2 Å². The number of carbonyl (C=O) groups is 3. The summed E-state index contributed by atoms with van der Waals surface area (Å²) in [5, 5.41) is 31.0. The number of aryl methyl sites for hydroxylation is 2. The maximum Gasteiger partial charge on any atom is 0.335 e. The number of nitriles is 1. The molecule has 8 heteroatoms. The lowest BCUT2D eigenvalue weighted by molar-refractivity contribution is -0.112. The van der Waals surface area contributed by atoms with Gasteiger partial charge in [-0.15, -0.1) is 0 Å². The lowest BCUT2D eigenvalue weighted by Gasteiger charge is -2.12. The van der Waals surface area contributed by atoms with Gasteiger partial charge in [-0.2, -0.15) is 5.26 Å². The first-order valence-corrected chi connectivity index (χ1v) is 10.5. The first-order valence-electron chi connectivity index (χ1n) is 10.5. The van der Waals surface area contributed by atoms with Gasteiger partial charge in [0.1, 0.15) is 11.6 Å². The van der Waals surface area contributed by atoms with Crippen LogP contribution in [0.3, 0.4) is 0 Å². The number of benzene rings is 2. The Hall–Kier alpha value is -4.64. The quantitative estimate of drug-likeness (QED) is 0.351. The fraction of sp³-hybridized carbons (Fsp3) is 0.154. The number of amides is 1. The van der Waals surface area contributed by atoms with Crippen molar-refractivity contribution in [1.29, 1.82) is 5.26 Å². The summed E-state index contributed by atoms with van der Waals surface area (Å²) in [5.74, 6) is -3.05. The van der Waals surface area contributed by atoms with Gasteiger partial charge in [-0.25, -0.2) is 9.59 Å². The van der Waals surface area contributed by atoms with Crippen molar-refractivity contribution < 1.29 is 24.6 Å². The van der Waals surface area contributed by atoms with Gasteiger partial charge in [-0.05, 0) is 73.9 Å². The topological polar surface area (TPSA) is 132 Å². The summed E-state index contributed by atoms with van der Waals surface area (Å²) in [4.78, 5) is 35.7. The van der Waals surface area contributed by atoms with Gasteiger partial charge in [0, 0.05) is 22.8 Å². The number of hydrogen-bond acceptors (Lipinski definition) is 4. The molecule has 3 aromatic rings. The highest BCUT2D eigenvalue weighted by Gasteiger charge is 2.17. The highest BCUT2D eigenvalue weighted by Crippen LogP contribution is 2.25. The second kappa shape index (κ2) is 9.88. The minimum atomic E-state index is -1.25. The summed E-state index contributed by atoms with van der Waals surface area (Å²) < 4.78 is 1.68. The number of hydrogen-bond donors (Lipinski definition) is 3. The van der Waals surface area contributed by atoms with Crippen molar-refractivity contribution in [3.05, 3.63) is 87.7 Å². The average Bonchev–Trinajstić information content (AvgIpc) is 3.09. The molecule has 172 valence electrons. The van der Waals surface area contributed by atoms with Gasteiger partial charge in [-0.3, -0.25) is 4.79 Å². The van der Waals surface area contributed by atoms with E-state index in [0.29, 0.717) is 28.3 Å². The smallest absolute Gasteiger partial charge is 0.335 e. The van der Waals surface area contributed by atoms with E-state index in [0.717, 1.165) is 18.1 Å². The molecule has 0 radical (unpaired) electrons. The second-order valence-corrected chi connectivity index (χ2v) is 7.72. The van der Waals surface area contributed by atoms with E-state index in [9.17, 15) is 29.9 Å². The maximum absolute atomic E-state index is 12.7. The molecule has 0 fully saturated rings. The molecule has 8 nitrogen and oxygen atoms in total. The number of aromatic nitrogens is 1. The van der Waals surface area contributed by atoms with Gasteiger partial charge in [0.25, 0.3) is 5.91 Å². The molecule has 0 unspecified atom stereocenters. The summed E-state index contributed by atoms with van der Waals surface area (Å²) in [5.41, 5.74) is 3.48. The number of nitrogens with one attached hydrogen (secondary N) is 1. The van der Waals surface area contributed by atoms with Gasteiger partial charge >= 0.3 is 11.9 Å². The Morgan fingerprint density at radius 2 is 1.59 bits per heavy atom. The van der Waals surface area contributed by atoms with Crippen LogP contribution in [-0.2, 0) is 11.2 Å². The van der Waals surface area contributed by atoms with Crippen LogP contribution < -0.4 is 5.32 Å². The zero-order chi connectivity index (χ0) is 25.0. The first kappa shape index (κ1) is 24.0. The third-order valence-electron chi connectivity index (χ3n) is 5.43. The van der Waals surface area contributed by atoms with Gasteiger partial charge in [0.05, 0.1) is 11.1 Å². The summed E-state index contributed by atoms with van der Waals surface area (Å²) >= 11 is 0. The minimum absolute atomic E-state index is 0.106. The van der Waals surface area contributed by atoms with Crippen molar-refractivity contribution in [2.45, 2.75) is 27.2 Å². The molecular weight excluding hydrogens is 434 g/mol. The summed E-state index contributed by atoms with van der Waals surface area (Å²) in [6.45, 7) is 5.53. The van der Waals surface area contributed by atoms with Gasteiger partial charge in [0.2, 0.25) is 0 Å². The molecule has 0 aliphatic heterocycles. The standard InChI is InChI=1S/C26H23N3O5/c1-4-17-5-7-22(8-6-17)28-24(30)21(14-27)10-18-9-15(2)29(16(18)3)23-12-19(25(31)32)11-20(13-23)26(33)34/h5-13H,4H2,1-3H3,(H,28,30)(H,31,32)(H,33,34)/b21-10+. The van der Waals surface area contributed by atoms with Crippen LogP contribution in [-0.4, -0.2) is 32.6 Å². The van der Waals surface area contributed by atoms with Gasteiger partial charge < -0.3 is 20.1 Å². The van der Waals surface area contributed by atoms with Crippen molar-refractivity contribution in [2.75, 3.05) is 5.32 Å². The van der Waals surface area contributed by atoms with Crippen LogP contribution in [0, 0.1) is 25.2 Å². The Bertz CT molecular complexity index is 1330. The fourth-order valence-electron chi connectivity index (χ4n) is 3.64. The van der Waals surface area contributed by atoms with E-state index < -0.39 is 17.8 Å². The largest absolute Gasteiger partial charge is 0.478 e. The Morgan fingerprint density at radius 1 is 1.00 bits per heavy atom. The number of rotatable bonds is 7. The van der Waals surface area contributed by atoms with E-state index >= 15 is 0 Å². The van der Waals surface area contributed by atoms with E-state index in [1.54, 1.807) is 36.6 Å². The molecule has 0 aliphatic carbocycles. The molecule has 3 rings (SSSR count). The fourth-order valence-corrected chi connectivity index (χ4v) is 3.64. The molecule has 1 amide bonds. The predicted octanol–water partition coefficient (Wildman–Crippen LogP) is 4.60. The third-order valence-corrected chi connectivity index (χ3v) is 5.43. The number of anilines is 1. The number of carboxylic acid groups (broad SMARTS) is 2. The number of nitrogens with zero attached hydrogens (tertiary/aromatic N) is 2. The Labute approximate surface area is 196 Å². The summed E-state index contributed by atoms with van der Waals surface area (Å²) in [6, 6.07) is 14.8. The maximum atomic E-state index is 12.7.